The van der Waals surface area contributed by atoms with Crippen molar-refractivity contribution in [3.05, 3.63) is 0 Å². The Morgan fingerprint density at radius 1 is 1.04 bits per heavy atom. The van der Waals surface area contributed by atoms with Crippen molar-refractivity contribution in [2.24, 2.45) is 10.9 Å². The van der Waals surface area contributed by atoms with Crippen molar-refractivity contribution >= 4 is 29.9 Å². The van der Waals surface area contributed by atoms with E-state index < -0.39 is 0 Å². The first kappa shape index (κ1) is 22.9. The molecular formula is C17H37IN4O. The molecule has 1 aliphatic rings. The topological polar surface area (TPSA) is 48.9 Å². The molecule has 23 heavy (non-hydrogen) atoms. The van der Waals surface area contributed by atoms with Gasteiger partial charge in [0.25, 0.3) is 0 Å². The van der Waals surface area contributed by atoms with Crippen LogP contribution in [0.1, 0.15) is 46.0 Å². The second kappa shape index (κ2) is 15.4. The standard InChI is InChI=1S/C17H36N4O.HI/c1-16(2)8-14-22-15-10-20-17(18-3)19-9-13-21-11-6-4-5-7-12-21;/h16H,4-15H2,1-3H3,(H2,18,19,20);1H. The quantitative estimate of drug-likeness (QED) is 0.251. The van der Waals surface area contributed by atoms with Crippen LogP contribution in [0.25, 0.3) is 0 Å². The Labute approximate surface area is 160 Å². The number of rotatable bonds is 9. The predicted octanol–water partition coefficient (Wildman–Crippen LogP) is 2.71. The predicted molar refractivity (Wildman–Crippen MR) is 110 cm³/mol. The summed E-state index contributed by atoms with van der Waals surface area (Å²) in [6.07, 6.45) is 6.61. The van der Waals surface area contributed by atoms with Crippen LogP contribution in [0.5, 0.6) is 0 Å². The van der Waals surface area contributed by atoms with Crippen LogP contribution in [0.4, 0.5) is 0 Å². The molecule has 5 nitrogen and oxygen atoms in total. The van der Waals surface area contributed by atoms with Gasteiger partial charge in [0.15, 0.2) is 5.96 Å². The summed E-state index contributed by atoms with van der Waals surface area (Å²) in [5, 5.41) is 6.69. The molecule has 0 aromatic carbocycles. The summed E-state index contributed by atoms with van der Waals surface area (Å²) in [6.45, 7) is 11.4. The highest BCUT2D eigenvalue weighted by atomic mass is 127. The summed E-state index contributed by atoms with van der Waals surface area (Å²) in [5.74, 6) is 1.59. The summed E-state index contributed by atoms with van der Waals surface area (Å²) in [5.41, 5.74) is 0. The van der Waals surface area contributed by atoms with Crippen LogP contribution < -0.4 is 10.6 Å². The number of halogens is 1. The van der Waals surface area contributed by atoms with Crippen molar-refractivity contribution in [3.8, 4) is 0 Å². The van der Waals surface area contributed by atoms with Crippen molar-refractivity contribution < 1.29 is 4.74 Å². The first-order chi connectivity index (χ1) is 10.7. The largest absolute Gasteiger partial charge is 0.380 e. The van der Waals surface area contributed by atoms with Crippen LogP contribution in [-0.2, 0) is 4.74 Å². The van der Waals surface area contributed by atoms with Crippen molar-refractivity contribution in [2.45, 2.75) is 46.0 Å². The Kier molecular flexibility index (Phi) is 15.4. The van der Waals surface area contributed by atoms with Gasteiger partial charge in [-0.25, -0.2) is 0 Å². The number of nitrogens with zero attached hydrogens (tertiary/aromatic N) is 2. The molecule has 1 heterocycles. The van der Waals surface area contributed by atoms with Gasteiger partial charge in [0.1, 0.15) is 0 Å². The van der Waals surface area contributed by atoms with Gasteiger partial charge in [0.2, 0.25) is 0 Å². The fourth-order valence-corrected chi connectivity index (χ4v) is 2.58. The molecule has 2 N–H and O–H groups in total. The van der Waals surface area contributed by atoms with Gasteiger partial charge in [-0.2, -0.15) is 0 Å². The molecule has 1 aliphatic heterocycles. The van der Waals surface area contributed by atoms with E-state index in [-0.39, 0.29) is 24.0 Å². The van der Waals surface area contributed by atoms with E-state index in [4.69, 9.17) is 4.74 Å². The Balaban J connectivity index is 0.00000484. The zero-order valence-corrected chi connectivity index (χ0v) is 17.6. The highest BCUT2D eigenvalue weighted by Gasteiger charge is 2.08. The SMILES string of the molecule is CN=C(NCCOCCC(C)C)NCCN1CCCCCC1.I. The Morgan fingerprint density at radius 3 is 2.30 bits per heavy atom. The van der Waals surface area contributed by atoms with Gasteiger partial charge in [-0.1, -0.05) is 26.7 Å². The summed E-state index contributed by atoms with van der Waals surface area (Å²) < 4.78 is 5.60. The van der Waals surface area contributed by atoms with Gasteiger partial charge < -0.3 is 20.3 Å². The maximum absolute atomic E-state index is 5.60. The van der Waals surface area contributed by atoms with Crippen LogP contribution in [0.15, 0.2) is 4.99 Å². The first-order valence-electron chi connectivity index (χ1n) is 8.97. The monoisotopic (exact) mass is 440 g/mol. The number of nitrogens with one attached hydrogen (secondary N) is 2. The summed E-state index contributed by atoms with van der Waals surface area (Å²) in [4.78, 5) is 6.81. The number of likely N-dealkylation sites (tertiary alicyclic amines) is 1. The highest BCUT2D eigenvalue weighted by Crippen LogP contribution is 2.08. The average Bonchev–Trinajstić information content (AvgIpc) is 2.77. The molecule has 138 valence electrons. The molecule has 0 aliphatic carbocycles. The lowest BCUT2D eigenvalue weighted by Crippen LogP contribution is -2.42. The van der Waals surface area contributed by atoms with Crippen LogP contribution in [0.2, 0.25) is 0 Å². The van der Waals surface area contributed by atoms with Gasteiger partial charge >= 0.3 is 0 Å². The molecule has 0 amide bonds. The van der Waals surface area contributed by atoms with Crippen LogP contribution in [0, 0.1) is 5.92 Å². The third kappa shape index (κ3) is 12.9. The zero-order valence-electron chi connectivity index (χ0n) is 15.3. The lowest BCUT2D eigenvalue weighted by atomic mass is 10.1. The van der Waals surface area contributed by atoms with Gasteiger partial charge in [-0.15, -0.1) is 24.0 Å². The van der Waals surface area contributed by atoms with E-state index in [9.17, 15) is 0 Å². The van der Waals surface area contributed by atoms with Crippen molar-refractivity contribution in [1.82, 2.24) is 15.5 Å². The van der Waals surface area contributed by atoms with Gasteiger partial charge in [-0.3, -0.25) is 4.99 Å². The second-order valence-electron chi connectivity index (χ2n) is 6.48. The van der Waals surface area contributed by atoms with Crippen LogP contribution in [-0.4, -0.2) is 63.8 Å². The lowest BCUT2D eigenvalue weighted by molar-refractivity contribution is 0.128. The number of hydrogen-bond acceptors (Lipinski definition) is 3. The van der Waals surface area contributed by atoms with E-state index in [0.717, 1.165) is 45.2 Å². The highest BCUT2D eigenvalue weighted by molar-refractivity contribution is 14.0. The molecule has 1 saturated heterocycles. The Bertz CT molecular complexity index is 292. The molecular weight excluding hydrogens is 403 g/mol. The molecule has 0 saturated carbocycles. The molecule has 1 rings (SSSR count). The maximum atomic E-state index is 5.60. The number of aliphatic imine (C=N–C) groups is 1. The normalized spacial score (nSPS) is 16.8. The minimum atomic E-state index is 0. The molecule has 0 aromatic rings. The minimum absolute atomic E-state index is 0. The third-order valence-electron chi connectivity index (χ3n) is 4.02. The number of hydrogen-bond donors (Lipinski definition) is 2. The van der Waals surface area contributed by atoms with E-state index in [1.165, 1.54) is 38.8 Å². The van der Waals surface area contributed by atoms with E-state index in [2.05, 4.69) is 34.4 Å². The first-order valence-corrected chi connectivity index (χ1v) is 8.97. The lowest BCUT2D eigenvalue weighted by Gasteiger charge is -2.20. The Hall–Kier alpha value is -0.0800. The van der Waals surface area contributed by atoms with Crippen molar-refractivity contribution in [3.63, 3.8) is 0 Å². The Morgan fingerprint density at radius 2 is 1.70 bits per heavy atom. The second-order valence-corrected chi connectivity index (χ2v) is 6.48. The molecule has 0 unspecified atom stereocenters. The van der Waals surface area contributed by atoms with E-state index in [1.54, 1.807) is 0 Å². The summed E-state index contributed by atoms with van der Waals surface area (Å²) in [6, 6.07) is 0. The van der Waals surface area contributed by atoms with E-state index in [0.29, 0.717) is 5.92 Å². The molecule has 0 radical (unpaired) electrons. The summed E-state index contributed by atoms with van der Waals surface area (Å²) >= 11 is 0. The van der Waals surface area contributed by atoms with E-state index >= 15 is 0 Å². The molecule has 0 spiro atoms. The van der Waals surface area contributed by atoms with Gasteiger partial charge in [0, 0.05) is 33.3 Å². The molecule has 0 aromatic heterocycles. The molecule has 1 fully saturated rings. The van der Waals surface area contributed by atoms with E-state index in [1.807, 2.05) is 7.05 Å². The average molecular weight is 440 g/mol. The minimum Gasteiger partial charge on any atom is -0.380 e. The number of guanidine groups is 1. The fraction of sp³-hybridized carbons (Fsp3) is 0.941. The van der Waals surface area contributed by atoms with Crippen LogP contribution in [0.3, 0.4) is 0 Å². The van der Waals surface area contributed by atoms with Gasteiger partial charge in [0.05, 0.1) is 6.61 Å². The molecule has 6 heteroatoms. The van der Waals surface area contributed by atoms with Crippen molar-refractivity contribution in [2.75, 3.05) is 53.0 Å². The summed E-state index contributed by atoms with van der Waals surface area (Å²) in [7, 11) is 1.82. The van der Waals surface area contributed by atoms with Gasteiger partial charge in [-0.05, 0) is 38.3 Å². The number of ether oxygens (including phenoxy) is 1. The van der Waals surface area contributed by atoms with Crippen molar-refractivity contribution in [1.29, 1.82) is 0 Å². The smallest absolute Gasteiger partial charge is 0.191 e. The fourth-order valence-electron chi connectivity index (χ4n) is 2.58. The molecule has 0 bridgehead atoms. The third-order valence-corrected chi connectivity index (χ3v) is 4.02. The maximum Gasteiger partial charge on any atom is 0.191 e. The zero-order chi connectivity index (χ0) is 16.0. The molecule has 0 atom stereocenters. The van der Waals surface area contributed by atoms with Crippen LogP contribution >= 0.6 is 24.0 Å².